The zero-order valence-electron chi connectivity index (χ0n) is 22.2. The van der Waals surface area contributed by atoms with Crippen LogP contribution in [0.15, 0.2) is 58.8 Å². The van der Waals surface area contributed by atoms with E-state index in [0.717, 1.165) is 36.9 Å². The highest BCUT2D eigenvalue weighted by Gasteiger charge is 2.19. The van der Waals surface area contributed by atoms with Crippen LogP contribution in [-0.2, 0) is 4.84 Å². The molecule has 1 aliphatic carbocycles. The fourth-order valence-corrected chi connectivity index (χ4v) is 4.56. The van der Waals surface area contributed by atoms with Crippen LogP contribution >= 0.6 is 0 Å². The molecule has 2 atom stereocenters. The number of anilines is 1. The lowest BCUT2D eigenvalue weighted by atomic mass is 9.93. The molecule has 2 unspecified atom stereocenters. The van der Waals surface area contributed by atoms with Crippen molar-refractivity contribution in [3.63, 3.8) is 0 Å². The summed E-state index contributed by atoms with van der Waals surface area (Å²) in [5, 5.41) is 3.47. The molecule has 0 amide bonds. The smallest absolute Gasteiger partial charge is 0.199 e. The van der Waals surface area contributed by atoms with E-state index in [1.54, 1.807) is 0 Å². The van der Waals surface area contributed by atoms with Gasteiger partial charge in [0.2, 0.25) is 0 Å². The lowest BCUT2D eigenvalue weighted by molar-refractivity contribution is 0.173. The summed E-state index contributed by atoms with van der Waals surface area (Å²) in [5.41, 5.74) is 9.49. The van der Waals surface area contributed by atoms with Gasteiger partial charge in [-0.1, -0.05) is 71.0 Å². The molecular weight excluding hydrogens is 420 g/mol. The summed E-state index contributed by atoms with van der Waals surface area (Å²) in [7, 11) is 0. The van der Waals surface area contributed by atoms with E-state index in [1.807, 2.05) is 0 Å². The lowest BCUT2D eigenvalue weighted by Gasteiger charge is -2.31. The van der Waals surface area contributed by atoms with Crippen LogP contribution < -0.4 is 10.8 Å². The van der Waals surface area contributed by atoms with Crippen LogP contribution in [0, 0.1) is 5.92 Å². The normalized spacial score (nSPS) is 20.1. The lowest BCUT2D eigenvalue weighted by Crippen LogP contribution is -2.45. The Kier molecular flexibility index (Phi) is 9.40. The largest absolute Gasteiger partial charge is 0.336 e. The molecule has 186 valence electrons. The minimum Gasteiger partial charge on any atom is -0.336 e. The van der Waals surface area contributed by atoms with E-state index in [2.05, 4.69) is 107 Å². The monoisotopic (exact) mass is 464 g/mol. The fourth-order valence-electron chi connectivity index (χ4n) is 4.56. The molecular formula is C29H44N4O. The van der Waals surface area contributed by atoms with Crippen LogP contribution in [0.4, 0.5) is 5.69 Å². The van der Waals surface area contributed by atoms with Gasteiger partial charge in [-0.05, 0) is 67.2 Å². The Labute approximate surface area is 207 Å². The average Bonchev–Trinajstić information content (AvgIpc) is 2.80. The number of rotatable bonds is 10. The summed E-state index contributed by atoms with van der Waals surface area (Å²) in [5.74, 6) is 2.44. The quantitative estimate of drug-likeness (QED) is 0.297. The minimum atomic E-state index is 0.171. The van der Waals surface area contributed by atoms with Gasteiger partial charge in [0.25, 0.3) is 0 Å². The highest BCUT2D eigenvalue weighted by atomic mass is 16.6. The van der Waals surface area contributed by atoms with Gasteiger partial charge in [0, 0.05) is 18.8 Å². The third-order valence-corrected chi connectivity index (χ3v) is 6.60. The number of nitrogens with zero attached hydrogens (tertiary/aromatic N) is 2. The van der Waals surface area contributed by atoms with Crippen molar-refractivity contribution < 1.29 is 4.84 Å². The molecule has 0 fully saturated rings. The summed E-state index contributed by atoms with van der Waals surface area (Å²) < 4.78 is 0. The van der Waals surface area contributed by atoms with E-state index >= 15 is 0 Å². The molecule has 0 aromatic heterocycles. The van der Waals surface area contributed by atoms with Crippen LogP contribution in [0.5, 0.6) is 0 Å². The number of hydrogen-bond acceptors (Lipinski definition) is 5. The molecule has 0 radical (unpaired) electrons. The van der Waals surface area contributed by atoms with Gasteiger partial charge in [0.1, 0.15) is 0 Å². The highest BCUT2D eigenvalue weighted by Crippen LogP contribution is 2.32. The van der Waals surface area contributed by atoms with Crippen molar-refractivity contribution in [1.82, 2.24) is 10.2 Å². The first-order valence-electron chi connectivity index (χ1n) is 12.9. The molecule has 1 aromatic rings. The first-order valence-corrected chi connectivity index (χ1v) is 12.9. The van der Waals surface area contributed by atoms with E-state index in [-0.39, 0.29) is 6.04 Å². The van der Waals surface area contributed by atoms with E-state index in [4.69, 9.17) is 9.83 Å². The third-order valence-electron chi connectivity index (χ3n) is 6.60. The average molecular weight is 465 g/mol. The number of aliphatic imine (C=N–C) groups is 1. The predicted octanol–water partition coefficient (Wildman–Crippen LogP) is 6.74. The molecule has 2 N–H and O–H groups in total. The van der Waals surface area contributed by atoms with Crippen molar-refractivity contribution in [2.24, 2.45) is 10.9 Å². The molecule has 5 heteroatoms. The zero-order valence-corrected chi connectivity index (χ0v) is 22.2. The maximum Gasteiger partial charge on any atom is 0.199 e. The number of nitrogens with one attached hydrogen (secondary N) is 2. The number of allylic oxidation sites excluding steroid dienone is 3. The van der Waals surface area contributed by atoms with Crippen LogP contribution in [0.2, 0.25) is 0 Å². The highest BCUT2D eigenvalue weighted by molar-refractivity contribution is 5.83. The first-order chi connectivity index (χ1) is 16.3. The van der Waals surface area contributed by atoms with Gasteiger partial charge >= 0.3 is 0 Å². The second kappa shape index (κ2) is 12.3. The summed E-state index contributed by atoms with van der Waals surface area (Å²) in [6.45, 7) is 17.5. The van der Waals surface area contributed by atoms with E-state index < -0.39 is 0 Å². The summed E-state index contributed by atoms with van der Waals surface area (Å²) in [4.78, 5) is 13.2. The Bertz CT molecular complexity index is 915. The Morgan fingerprint density at radius 3 is 2.44 bits per heavy atom. The van der Waals surface area contributed by atoms with Crippen LogP contribution in [0.1, 0.15) is 84.3 Å². The molecule has 0 saturated carbocycles. The topological polar surface area (TPSA) is 48.9 Å². The van der Waals surface area contributed by atoms with Crippen molar-refractivity contribution in [1.29, 1.82) is 0 Å². The first kappa shape index (κ1) is 26.1. The SMILES string of the molecule is CCC1C=CC(CN(CCONc2c(C(C)C)cccc2C(C)C)C2=NC(C)C=C(C)N2)=CC1. The minimum absolute atomic E-state index is 0.171. The summed E-state index contributed by atoms with van der Waals surface area (Å²) >= 11 is 0. The molecule has 0 bridgehead atoms. The van der Waals surface area contributed by atoms with Crippen molar-refractivity contribution >= 4 is 11.6 Å². The molecule has 3 rings (SSSR count). The molecule has 1 aromatic carbocycles. The van der Waals surface area contributed by atoms with E-state index in [1.165, 1.54) is 23.1 Å². The maximum absolute atomic E-state index is 6.07. The van der Waals surface area contributed by atoms with Crippen LogP contribution in [0.25, 0.3) is 0 Å². The molecule has 0 spiro atoms. The van der Waals surface area contributed by atoms with Gasteiger partial charge in [-0.2, -0.15) is 0 Å². The second-order valence-corrected chi connectivity index (χ2v) is 10.2. The molecule has 1 aliphatic heterocycles. The van der Waals surface area contributed by atoms with Crippen molar-refractivity contribution in [3.8, 4) is 0 Å². The van der Waals surface area contributed by atoms with Crippen molar-refractivity contribution in [2.45, 2.75) is 79.2 Å². The van der Waals surface area contributed by atoms with Gasteiger partial charge in [-0.25, -0.2) is 4.99 Å². The second-order valence-electron chi connectivity index (χ2n) is 10.2. The zero-order chi connectivity index (χ0) is 24.7. The number of hydrogen-bond donors (Lipinski definition) is 2. The Morgan fingerprint density at radius 2 is 1.88 bits per heavy atom. The van der Waals surface area contributed by atoms with Gasteiger partial charge in [0.15, 0.2) is 5.96 Å². The van der Waals surface area contributed by atoms with Crippen LogP contribution in [-0.4, -0.2) is 36.6 Å². The van der Waals surface area contributed by atoms with E-state index in [9.17, 15) is 0 Å². The molecule has 2 aliphatic rings. The Balaban J connectivity index is 1.68. The number of guanidine groups is 1. The van der Waals surface area contributed by atoms with Gasteiger partial charge in [-0.15, -0.1) is 0 Å². The maximum atomic E-state index is 6.07. The summed E-state index contributed by atoms with van der Waals surface area (Å²) in [6.07, 6.45) is 11.5. The predicted molar refractivity (Wildman–Crippen MR) is 145 cm³/mol. The molecule has 5 nitrogen and oxygen atoms in total. The fraction of sp³-hybridized carbons (Fsp3) is 0.552. The molecule has 0 saturated heterocycles. The van der Waals surface area contributed by atoms with Crippen LogP contribution in [0.3, 0.4) is 0 Å². The van der Waals surface area contributed by atoms with Gasteiger partial charge in [-0.3, -0.25) is 10.3 Å². The molecule has 1 heterocycles. The Hall–Kier alpha value is -2.53. The van der Waals surface area contributed by atoms with Gasteiger partial charge < -0.3 is 10.2 Å². The van der Waals surface area contributed by atoms with Crippen molar-refractivity contribution in [3.05, 3.63) is 64.9 Å². The number of benzene rings is 1. The van der Waals surface area contributed by atoms with Crippen molar-refractivity contribution in [2.75, 3.05) is 25.2 Å². The van der Waals surface area contributed by atoms with E-state index in [0.29, 0.717) is 24.4 Å². The summed E-state index contributed by atoms with van der Waals surface area (Å²) in [6, 6.07) is 6.70. The van der Waals surface area contributed by atoms with Gasteiger partial charge in [0.05, 0.1) is 18.3 Å². The third kappa shape index (κ3) is 6.99. The standard InChI is InChI=1S/C29H44N4O/c1-8-24-12-14-25(15-13-24)19-33(29-30-22(6)18-23(7)31-29)16-17-34-32-28-26(20(2)3)10-9-11-27(28)21(4)5/h9-12,14-15,18,20-22,24,32H,8,13,16-17,19H2,1-7H3,(H,30,31). The number of para-hydroxylation sites is 1. The molecule has 34 heavy (non-hydrogen) atoms. The Morgan fingerprint density at radius 1 is 1.18 bits per heavy atom.